The van der Waals surface area contributed by atoms with Crippen LogP contribution in [0, 0.1) is 6.92 Å². The molecule has 1 nitrogen and oxygen atoms in total. The third-order valence-electron chi connectivity index (χ3n) is 3.09. The fourth-order valence-electron chi connectivity index (χ4n) is 2.07. The minimum Gasteiger partial charge on any atom is -0.309 e. The SMILES string of the molecule is CCCNC(CSc1cccs1)c1ccccc1C. The van der Waals surface area contributed by atoms with E-state index < -0.39 is 0 Å². The predicted octanol–water partition coefficient (Wildman–Crippen LogP) is 4.89. The van der Waals surface area contributed by atoms with Gasteiger partial charge in [0, 0.05) is 11.8 Å². The second-order valence-electron chi connectivity index (χ2n) is 4.61. The average molecular weight is 291 g/mol. The summed E-state index contributed by atoms with van der Waals surface area (Å²) in [5.41, 5.74) is 2.81. The minimum atomic E-state index is 0.438. The molecule has 0 amide bonds. The maximum atomic E-state index is 3.67. The summed E-state index contributed by atoms with van der Waals surface area (Å²) in [5, 5.41) is 5.82. The van der Waals surface area contributed by atoms with Gasteiger partial charge in [0.15, 0.2) is 0 Å². The Morgan fingerprint density at radius 2 is 2.05 bits per heavy atom. The van der Waals surface area contributed by atoms with E-state index in [1.807, 2.05) is 23.1 Å². The fourth-order valence-corrected chi connectivity index (χ4v) is 3.96. The molecular weight excluding hydrogens is 270 g/mol. The molecular formula is C16H21NS2. The van der Waals surface area contributed by atoms with Gasteiger partial charge < -0.3 is 5.32 Å². The third-order valence-corrected chi connectivity index (χ3v) is 5.32. The van der Waals surface area contributed by atoms with E-state index in [0.717, 1.165) is 12.3 Å². The minimum absolute atomic E-state index is 0.438. The normalized spacial score (nSPS) is 12.5. The monoisotopic (exact) mass is 291 g/mol. The summed E-state index contributed by atoms with van der Waals surface area (Å²) in [7, 11) is 0. The molecule has 0 aliphatic heterocycles. The van der Waals surface area contributed by atoms with Crippen molar-refractivity contribution in [3.8, 4) is 0 Å². The molecule has 2 aromatic rings. The van der Waals surface area contributed by atoms with Gasteiger partial charge in [0.1, 0.15) is 0 Å². The first-order chi connectivity index (χ1) is 9.31. The molecule has 19 heavy (non-hydrogen) atoms. The highest BCUT2D eigenvalue weighted by molar-refractivity contribution is 8.01. The van der Waals surface area contributed by atoms with E-state index in [1.54, 1.807) is 0 Å². The van der Waals surface area contributed by atoms with Gasteiger partial charge in [0.2, 0.25) is 0 Å². The quantitative estimate of drug-likeness (QED) is 0.729. The average Bonchev–Trinajstić information content (AvgIpc) is 2.93. The van der Waals surface area contributed by atoms with E-state index in [4.69, 9.17) is 0 Å². The number of nitrogens with one attached hydrogen (secondary N) is 1. The molecule has 1 aromatic heterocycles. The Bertz CT molecular complexity index is 479. The first-order valence-electron chi connectivity index (χ1n) is 6.76. The molecule has 1 N–H and O–H groups in total. The zero-order chi connectivity index (χ0) is 13.5. The van der Waals surface area contributed by atoms with Gasteiger partial charge in [-0.25, -0.2) is 0 Å². The van der Waals surface area contributed by atoms with Gasteiger partial charge in [-0.1, -0.05) is 37.3 Å². The van der Waals surface area contributed by atoms with Gasteiger partial charge in [-0.15, -0.1) is 23.1 Å². The number of thiophene rings is 1. The van der Waals surface area contributed by atoms with Gasteiger partial charge in [0.25, 0.3) is 0 Å². The standard InChI is InChI=1S/C16H21NS2/c1-3-10-17-15(12-19-16-9-6-11-18-16)14-8-5-4-7-13(14)2/h4-9,11,15,17H,3,10,12H2,1-2H3. The van der Waals surface area contributed by atoms with Crippen LogP contribution in [0.1, 0.15) is 30.5 Å². The molecule has 0 saturated heterocycles. The Morgan fingerprint density at radius 1 is 1.21 bits per heavy atom. The summed E-state index contributed by atoms with van der Waals surface area (Å²) in [4.78, 5) is 0. The van der Waals surface area contributed by atoms with E-state index in [-0.39, 0.29) is 0 Å². The van der Waals surface area contributed by atoms with Gasteiger partial charge in [-0.2, -0.15) is 0 Å². The van der Waals surface area contributed by atoms with E-state index in [0.29, 0.717) is 6.04 Å². The van der Waals surface area contributed by atoms with Crippen LogP contribution in [-0.2, 0) is 0 Å². The molecule has 1 heterocycles. The topological polar surface area (TPSA) is 12.0 Å². The number of rotatable bonds is 7. The van der Waals surface area contributed by atoms with Crippen molar-refractivity contribution in [2.24, 2.45) is 0 Å². The molecule has 1 unspecified atom stereocenters. The van der Waals surface area contributed by atoms with Crippen molar-refractivity contribution >= 4 is 23.1 Å². The number of aryl methyl sites for hydroxylation is 1. The van der Waals surface area contributed by atoms with Gasteiger partial charge in [0.05, 0.1) is 4.21 Å². The zero-order valence-electron chi connectivity index (χ0n) is 11.6. The summed E-state index contributed by atoms with van der Waals surface area (Å²) >= 11 is 3.77. The highest BCUT2D eigenvalue weighted by Gasteiger charge is 2.13. The number of hydrogen-bond donors (Lipinski definition) is 1. The number of benzene rings is 1. The van der Waals surface area contributed by atoms with Gasteiger partial charge in [-0.3, -0.25) is 0 Å². The molecule has 0 bridgehead atoms. The lowest BCUT2D eigenvalue weighted by atomic mass is 10.0. The Kier molecular flexibility index (Phi) is 5.95. The van der Waals surface area contributed by atoms with Crippen molar-refractivity contribution in [1.29, 1.82) is 0 Å². The van der Waals surface area contributed by atoms with Crippen LogP contribution in [0.15, 0.2) is 46.0 Å². The molecule has 0 fully saturated rings. The smallest absolute Gasteiger partial charge is 0.0599 e. The van der Waals surface area contributed by atoms with Crippen LogP contribution in [0.25, 0.3) is 0 Å². The number of hydrogen-bond acceptors (Lipinski definition) is 3. The highest BCUT2D eigenvalue weighted by Crippen LogP contribution is 2.29. The van der Waals surface area contributed by atoms with Crippen molar-refractivity contribution in [3.05, 3.63) is 52.9 Å². The Morgan fingerprint density at radius 3 is 2.74 bits per heavy atom. The van der Waals surface area contributed by atoms with Crippen molar-refractivity contribution < 1.29 is 0 Å². The lowest BCUT2D eigenvalue weighted by molar-refractivity contribution is 0.575. The second kappa shape index (κ2) is 7.73. The summed E-state index contributed by atoms with van der Waals surface area (Å²) in [6.45, 7) is 5.49. The van der Waals surface area contributed by atoms with Crippen molar-refractivity contribution in [2.45, 2.75) is 30.5 Å². The maximum absolute atomic E-state index is 3.67. The van der Waals surface area contributed by atoms with Crippen LogP contribution in [0.3, 0.4) is 0 Å². The highest BCUT2D eigenvalue weighted by atomic mass is 32.2. The van der Waals surface area contributed by atoms with Crippen LogP contribution in [-0.4, -0.2) is 12.3 Å². The molecule has 0 aliphatic rings. The summed E-state index contributed by atoms with van der Waals surface area (Å²) < 4.78 is 1.40. The molecule has 102 valence electrons. The van der Waals surface area contributed by atoms with Gasteiger partial charge >= 0.3 is 0 Å². The molecule has 2 rings (SSSR count). The Labute approximate surface area is 124 Å². The van der Waals surface area contributed by atoms with E-state index in [1.165, 1.54) is 21.8 Å². The predicted molar refractivity (Wildman–Crippen MR) is 87.3 cm³/mol. The molecule has 1 aromatic carbocycles. The fraction of sp³-hybridized carbons (Fsp3) is 0.375. The lowest BCUT2D eigenvalue weighted by Crippen LogP contribution is -2.24. The van der Waals surface area contributed by atoms with E-state index in [2.05, 4.69) is 60.9 Å². The molecule has 0 radical (unpaired) electrons. The van der Waals surface area contributed by atoms with Crippen LogP contribution in [0.5, 0.6) is 0 Å². The Balaban J connectivity index is 2.05. The molecule has 1 atom stereocenters. The summed E-state index contributed by atoms with van der Waals surface area (Å²) in [5.74, 6) is 1.09. The largest absolute Gasteiger partial charge is 0.309 e. The first-order valence-corrected chi connectivity index (χ1v) is 8.63. The first kappa shape index (κ1) is 14.6. The zero-order valence-corrected chi connectivity index (χ0v) is 13.2. The van der Waals surface area contributed by atoms with Gasteiger partial charge in [-0.05, 0) is 42.5 Å². The Hall–Kier alpha value is -0.770. The van der Waals surface area contributed by atoms with Crippen LogP contribution in [0.2, 0.25) is 0 Å². The van der Waals surface area contributed by atoms with Crippen molar-refractivity contribution in [1.82, 2.24) is 5.32 Å². The third kappa shape index (κ3) is 4.37. The van der Waals surface area contributed by atoms with Crippen molar-refractivity contribution in [2.75, 3.05) is 12.3 Å². The second-order valence-corrected chi connectivity index (χ2v) is 6.87. The maximum Gasteiger partial charge on any atom is 0.0599 e. The number of thioether (sulfide) groups is 1. The summed E-state index contributed by atoms with van der Waals surface area (Å²) in [6, 6.07) is 13.5. The van der Waals surface area contributed by atoms with Crippen LogP contribution in [0.4, 0.5) is 0 Å². The lowest BCUT2D eigenvalue weighted by Gasteiger charge is -2.20. The molecule has 3 heteroatoms. The van der Waals surface area contributed by atoms with Crippen LogP contribution < -0.4 is 5.32 Å². The van der Waals surface area contributed by atoms with Crippen molar-refractivity contribution in [3.63, 3.8) is 0 Å². The molecule has 0 aliphatic carbocycles. The van der Waals surface area contributed by atoms with E-state index >= 15 is 0 Å². The van der Waals surface area contributed by atoms with Crippen LogP contribution >= 0.6 is 23.1 Å². The molecule has 0 saturated carbocycles. The summed E-state index contributed by atoms with van der Waals surface area (Å²) in [6.07, 6.45) is 1.17. The molecule has 0 spiro atoms. The van der Waals surface area contributed by atoms with E-state index in [9.17, 15) is 0 Å².